The molecular formula is C23H21N3O3S2. The molecule has 3 heterocycles. The number of fused-ring (bicyclic) bond motifs is 1. The predicted octanol–water partition coefficient (Wildman–Crippen LogP) is 4.70. The monoisotopic (exact) mass is 451 g/mol. The molecule has 1 atom stereocenters. The molecule has 4 rings (SSSR count). The number of rotatable bonds is 8. The highest BCUT2D eigenvalue weighted by molar-refractivity contribution is 8.00. The number of allylic oxidation sites excluding steroid dienone is 1. The number of furan rings is 1. The van der Waals surface area contributed by atoms with Crippen LogP contribution < -0.4 is 10.9 Å². The van der Waals surface area contributed by atoms with Gasteiger partial charge >= 0.3 is 0 Å². The van der Waals surface area contributed by atoms with Gasteiger partial charge in [0.25, 0.3) is 5.56 Å². The second kappa shape index (κ2) is 9.36. The molecule has 0 fully saturated rings. The second-order valence-electron chi connectivity index (χ2n) is 6.85. The zero-order chi connectivity index (χ0) is 21.8. The molecule has 0 bridgehead atoms. The Morgan fingerprint density at radius 1 is 1.32 bits per heavy atom. The maximum absolute atomic E-state index is 13.2. The number of nitrogens with zero attached hydrogens (tertiary/aromatic N) is 2. The van der Waals surface area contributed by atoms with Crippen LogP contribution in [0.1, 0.15) is 12.7 Å². The fraction of sp³-hybridized carbons (Fsp3) is 0.174. The number of hydrogen-bond acceptors (Lipinski definition) is 6. The molecule has 4 aromatic rings. The Morgan fingerprint density at radius 3 is 2.84 bits per heavy atom. The second-order valence-corrected chi connectivity index (χ2v) is 9.21. The number of amides is 1. The van der Waals surface area contributed by atoms with Crippen LogP contribution in [0.3, 0.4) is 0 Å². The maximum atomic E-state index is 13.2. The van der Waals surface area contributed by atoms with Crippen molar-refractivity contribution in [3.8, 4) is 10.4 Å². The summed E-state index contributed by atoms with van der Waals surface area (Å²) in [6.07, 6.45) is 3.23. The van der Waals surface area contributed by atoms with Gasteiger partial charge in [-0.1, -0.05) is 48.2 Å². The third-order valence-corrected chi connectivity index (χ3v) is 6.89. The number of benzene rings is 1. The van der Waals surface area contributed by atoms with Crippen molar-refractivity contribution < 1.29 is 9.21 Å². The molecular weight excluding hydrogens is 430 g/mol. The van der Waals surface area contributed by atoms with Crippen molar-refractivity contribution >= 4 is 39.2 Å². The number of carbonyl (C=O) groups excluding carboxylic acids is 1. The normalized spacial score (nSPS) is 12.0. The zero-order valence-corrected chi connectivity index (χ0v) is 18.5. The van der Waals surface area contributed by atoms with Gasteiger partial charge in [-0.3, -0.25) is 14.2 Å². The van der Waals surface area contributed by atoms with Gasteiger partial charge in [-0.25, -0.2) is 4.98 Å². The van der Waals surface area contributed by atoms with Gasteiger partial charge in [0.05, 0.1) is 23.6 Å². The molecule has 6 nitrogen and oxygen atoms in total. The fourth-order valence-corrected chi connectivity index (χ4v) is 5.05. The average Bonchev–Trinajstić information content (AvgIpc) is 3.45. The lowest BCUT2D eigenvalue weighted by molar-refractivity contribution is -0.120. The minimum Gasteiger partial charge on any atom is -0.467 e. The molecule has 31 heavy (non-hydrogen) atoms. The number of nitrogens with one attached hydrogen (secondary N) is 1. The van der Waals surface area contributed by atoms with Crippen LogP contribution in [0.4, 0.5) is 0 Å². The van der Waals surface area contributed by atoms with Crippen molar-refractivity contribution in [1.82, 2.24) is 14.9 Å². The van der Waals surface area contributed by atoms with Crippen LogP contribution >= 0.6 is 23.1 Å². The van der Waals surface area contributed by atoms with E-state index in [-0.39, 0.29) is 11.5 Å². The van der Waals surface area contributed by atoms with E-state index in [1.54, 1.807) is 36.0 Å². The Labute approximate surface area is 187 Å². The van der Waals surface area contributed by atoms with Crippen LogP contribution in [0, 0.1) is 0 Å². The third kappa shape index (κ3) is 4.65. The molecule has 0 saturated heterocycles. The first-order valence-corrected chi connectivity index (χ1v) is 11.4. The van der Waals surface area contributed by atoms with Gasteiger partial charge in [-0.15, -0.1) is 17.9 Å². The molecule has 0 aliphatic rings. The Hall–Kier alpha value is -3.10. The van der Waals surface area contributed by atoms with Crippen molar-refractivity contribution in [3.63, 3.8) is 0 Å². The summed E-state index contributed by atoms with van der Waals surface area (Å²) in [7, 11) is 0. The quantitative estimate of drug-likeness (QED) is 0.239. The molecule has 3 aromatic heterocycles. The molecule has 1 unspecified atom stereocenters. The summed E-state index contributed by atoms with van der Waals surface area (Å²) in [4.78, 5) is 31.4. The number of carbonyl (C=O) groups is 1. The average molecular weight is 452 g/mol. The molecule has 1 aromatic carbocycles. The highest BCUT2D eigenvalue weighted by atomic mass is 32.2. The lowest BCUT2D eigenvalue weighted by Crippen LogP contribution is -2.31. The van der Waals surface area contributed by atoms with Gasteiger partial charge in [0.15, 0.2) is 5.16 Å². The number of thioether (sulfide) groups is 1. The van der Waals surface area contributed by atoms with Gasteiger partial charge in [-0.2, -0.15) is 0 Å². The van der Waals surface area contributed by atoms with E-state index in [0.717, 1.165) is 10.4 Å². The Balaban J connectivity index is 1.62. The van der Waals surface area contributed by atoms with Gasteiger partial charge < -0.3 is 9.73 Å². The van der Waals surface area contributed by atoms with Crippen molar-refractivity contribution in [2.75, 3.05) is 0 Å². The van der Waals surface area contributed by atoms with E-state index in [1.807, 2.05) is 36.4 Å². The van der Waals surface area contributed by atoms with Crippen LogP contribution in [0.25, 0.3) is 20.7 Å². The molecule has 1 N–H and O–H groups in total. The van der Waals surface area contributed by atoms with Gasteiger partial charge in [0.2, 0.25) is 5.91 Å². The highest BCUT2D eigenvalue weighted by Crippen LogP contribution is 2.32. The molecule has 0 aliphatic heterocycles. The number of hydrogen-bond donors (Lipinski definition) is 1. The van der Waals surface area contributed by atoms with Crippen LogP contribution in [0.5, 0.6) is 0 Å². The fourth-order valence-electron chi connectivity index (χ4n) is 3.06. The topological polar surface area (TPSA) is 77.1 Å². The SMILES string of the molecule is C=CCn1c(SC(C)C(=O)NCc2ccco2)nc2cc(-c3ccccc3)sc2c1=O. The van der Waals surface area contributed by atoms with Crippen molar-refractivity contribution in [1.29, 1.82) is 0 Å². The van der Waals surface area contributed by atoms with Crippen molar-refractivity contribution in [2.45, 2.75) is 30.4 Å². The first-order valence-electron chi connectivity index (χ1n) is 9.74. The zero-order valence-electron chi connectivity index (χ0n) is 16.9. The summed E-state index contributed by atoms with van der Waals surface area (Å²) in [5, 5.41) is 2.90. The summed E-state index contributed by atoms with van der Waals surface area (Å²) in [5.74, 6) is 0.525. The maximum Gasteiger partial charge on any atom is 0.272 e. The molecule has 0 saturated carbocycles. The predicted molar refractivity (Wildman–Crippen MR) is 125 cm³/mol. The Kier molecular flexibility index (Phi) is 6.39. The Morgan fingerprint density at radius 2 is 2.13 bits per heavy atom. The highest BCUT2D eigenvalue weighted by Gasteiger charge is 2.20. The molecule has 1 amide bonds. The lowest BCUT2D eigenvalue weighted by Gasteiger charge is -2.14. The summed E-state index contributed by atoms with van der Waals surface area (Å²) in [6, 6.07) is 15.4. The Bertz CT molecular complexity index is 1260. The first kappa shape index (κ1) is 21.1. The third-order valence-electron chi connectivity index (χ3n) is 4.64. The van der Waals surface area contributed by atoms with Gasteiger partial charge in [0.1, 0.15) is 10.5 Å². The minimum absolute atomic E-state index is 0.122. The standard InChI is InChI=1S/C23H21N3O3S2/c1-3-11-26-22(28)20-18(13-19(31-20)16-8-5-4-6-9-16)25-23(26)30-15(2)21(27)24-14-17-10-7-12-29-17/h3-10,12-13,15H,1,11,14H2,2H3,(H,24,27). The van der Waals surface area contributed by atoms with Crippen molar-refractivity contribution in [3.05, 3.63) is 83.6 Å². The van der Waals surface area contributed by atoms with E-state index in [1.165, 1.54) is 23.1 Å². The van der Waals surface area contributed by atoms with E-state index < -0.39 is 5.25 Å². The van der Waals surface area contributed by atoms with Crippen LogP contribution in [0.2, 0.25) is 0 Å². The summed E-state index contributed by atoms with van der Waals surface area (Å²) < 4.78 is 7.41. The molecule has 8 heteroatoms. The largest absolute Gasteiger partial charge is 0.467 e. The summed E-state index contributed by atoms with van der Waals surface area (Å²) in [5.41, 5.74) is 1.56. The van der Waals surface area contributed by atoms with Crippen molar-refractivity contribution in [2.24, 2.45) is 0 Å². The lowest BCUT2D eigenvalue weighted by atomic mass is 10.2. The van der Waals surface area contributed by atoms with Gasteiger partial charge in [0, 0.05) is 11.4 Å². The van der Waals surface area contributed by atoms with E-state index in [9.17, 15) is 9.59 Å². The van der Waals surface area contributed by atoms with E-state index >= 15 is 0 Å². The van der Waals surface area contributed by atoms with Crippen LogP contribution in [-0.4, -0.2) is 20.7 Å². The molecule has 0 spiro atoms. The molecule has 0 radical (unpaired) electrons. The minimum atomic E-state index is -0.442. The summed E-state index contributed by atoms with van der Waals surface area (Å²) in [6.45, 7) is 6.19. The first-order chi connectivity index (χ1) is 15.1. The smallest absolute Gasteiger partial charge is 0.272 e. The molecule has 0 aliphatic carbocycles. The number of aromatic nitrogens is 2. The van der Waals surface area contributed by atoms with Crippen LogP contribution in [-0.2, 0) is 17.9 Å². The van der Waals surface area contributed by atoms with E-state index in [2.05, 4.69) is 11.9 Å². The van der Waals surface area contributed by atoms with Crippen LogP contribution in [0.15, 0.2) is 81.8 Å². The van der Waals surface area contributed by atoms with E-state index in [0.29, 0.717) is 34.2 Å². The van der Waals surface area contributed by atoms with Gasteiger partial charge in [-0.05, 0) is 30.7 Å². The van der Waals surface area contributed by atoms with E-state index in [4.69, 9.17) is 9.40 Å². The summed E-state index contributed by atoms with van der Waals surface area (Å²) >= 11 is 2.68. The molecule has 158 valence electrons. The number of thiophene rings is 1.